The molecule has 1 aromatic carbocycles. The Bertz CT molecular complexity index is 844. The van der Waals surface area contributed by atoms with Gasteiger partial charge in [-0.15, -0.1) is 24.0 Å². The van der Waals surface area contributed by atoms with Crippen LogP contribution in [0, 0.1) is 13.8 Å². The van der Waals surface area contributed by atoms with Gasteiger partial charge in [0.1, 0.15) is 0 Å². The highest BCUT2D eigenvalue weighted by atomic mass is 127. The number of para-hydroxylation sites is 1. The van der Waals surface area contributed by atoms with E-state index in [0.29, 0.717) is 0 Å². The molecule has 1 saturated heterocycles. The monoisotopic (exact) mass is 526 g/mol. The van der Waals surface area contributed by atoms with Crippen molar-refractivity contribution >= 4 is 35.6 Å². The number of aryl methyl sites for hydroxylation is 2. The Morgan fingerprint density at radius 1 is 1.23 bits per heavy atom. The van der Waals surface area contributed by atoms with E-state index in [-0.39, 0.29) is 30.0 Å². The summed E-state index contributed by atoms with van der Waals surface area (Å²) in [6.45, 7) is 10.6. The molecule has 1 aliphatic rings. The maximum Gasteiger partial charge on any atom is 0.191 e. The molecule has 0 amide bonds. The van der Waals surface area contributed by atoms with Crippen molar-refractivity contribution in [2.75, 3.05) is 38.3 Å². The Balaban J connectivity index is 0.00000320. The smallest absolute Gasteiger partial charge is 0.191 e. The number of rotatable bonds is 6. The quantitative estimate of drug-likeness (QED) is 0.345. The third-order valence-corrected chi connectivity index (χ3v) is 5.57. The predicted octanol–water partition coefficient (Wildman–Crippen LogP) is 2.79. The molecule has 2 heterocycles. The molecule has 7 nitrogen and oxygen atoms in total. The molecule has 0 bridgehead atoms. The van der Waals surface area contributed by atoms with E-state index in [1.54, 1.807) is 0 Å². The lowest BCUT2D eigenvalue weighted by Crippen LogP contribution is -2.43. The molecule has 1 aliphatic heterocycles. The van der Waals surface area contributed by atoms with E-state index in [4.69, 9.17) is 4.74 Å². The van der Waals surface area contributed by atoms with E-state index < -0.39 is 0 Å². The van der Waals surface area contributed by atoms with Gasteiger partial charge < -0.3 is 20.3 Å². The van der Waals surface area contributed by atoms with E-state index in [2.05, 4.69) is 70.7 Å². The first-order valence-corrected chi connectivity index (χ1v) is 10.4. The maximum absolute atomic E-state index is 5.50. The van der Waals surface area contributed by atoms with Gasteiger partial charge in [0, 0.05) is 51.2 Å². The molecule has 1 atom stereocenters. The minimum atomic E-state index is 0. The van der Waals surface area contributed by atoms with Gasteiger partial charge in [0.25, 0.3) is 0 Å². The van der Waals surface area contributed by atoms with Crippen LogP contribution in [0.15, 0.2) is 29.3 Å². The molecule has 166 valence electrons. The van der Waals surface area contributed by atoms with E-state index >= 15 is 0 Å². The Kier molecular flexibility index (Phi) is 9.41. The summed E-state index contributed by atoms with van der Waals surface area (Å²) < 4.78 is 7.45. The third kappa shape index (κ3) is 6.10. The van der Waals surface area contributed by atoms with Crippen LogP contribution in [0.1, 0.15) is 29.4 Å². The van der Waals surface area contributed by atoms with Gasteiger partial charge in [-0.1, -0.05) is 18.2 Å². The standard InChI is InChI=1S/C22H34N6O.HI/c1-16(14-20-17(2)26-27(5)18(20)3)25-22(23-4)24-15-19-8-6-7-9-21(19)28-10-12-29-13-11-28;/h6-9,16H,10-15H2,1-5H3,(H2,23,24,25);1H. The summed E-state index contributed by atoms with van der Waals surface area (Å²) in [5, 5.41) is 11.5. The molecular weight excluding hydrogens is 491 g/mol. The van der Waals surface area contributed by atoms with Gasteiger partial charge in [0.05, 0.1) is 18.9 Å². The predicted molar refractivity (Wildman–Crippen MR) is 134 cm³/mol. The summed E-state index contributed by atoms with van der Waals surface area (Å²) in [4.78, 5) is 6.81. The zero-order valence-corrected chi connectivity index (χ0v) is 21.1. The highest BCUT2D eigenvalue weighted by Gasteiger charge is 2.16. The Hall–Kier alpha value is -1.81. The van der Waals surface area contributed by atoms with E-state index in [1.807, 2.05) is 18.8 Å². The van der Waals surface area contributed by atoms with Crippen LogP contribution < -0.4 is 15.5 Å². The van der Waals surface area contributed by atoms with Crippen molar-refractivity contribution in [2.45, 2.75) is 39.8 Å². The highest BCUT2D eigenvalue weighted by Crippen LogP contribution is 2.21. The molecule has 1 fully saturated rings. The van der Waals surface area contributed by atoms with E-state index in [1.165, 1.54) is 22.5 Å². The molecule has 2 aromatic rings. The minimum Gasteiger partial charge on any atom is -0.378 e. The second-order valence-corrected chi connectivity index (χ2v) is 7.68. The van der Waals surface area contributed by atoms with Crippen molar-refractivity contribution in [3.05, 3.63) is 46.8 Å². The first-order chi connectivity index (χ1) is 14.0. The lowest BCUT2D eigenvalue weighted by molar-refractivity contribution is 0.122. The van der Waals surface area contributed by atoms with Crippen molar-refractivity contribution in [3.8, 4) is 0 Å². The van der Waals surface area contributed by atoms with E-state index in [9.17, 15) is 0 Å². The zero-order valence-electron chi connectivity index (χ0n) is 18.7. The van der Waals surface area contributed by atoms with Crippen LogP contribution in [0.3, 0.4) is 0 Å². The number of halogens is 1. The zero-order chi connectivity index (χ0) is 20.8. The average molecular weight is 526 g/mol. The molecule has 8 heteroatoms. The number of benzene rings is 1. The largest absolute Gasteiger partial charge is 0.378 e. The van der Waals surface area contributed by atoms with E-state index in [0.717, 1.165) is 50.9 Å². The van der Waals surface area contributed by atoms with Crippen LogP contribution in [0.5, 0.6) is 0 Å². The van der Waals surface area contributed by atoms with Crippen LogP contribution in [0.2, 0.25) is 0 Å². The molecule has 0 spiro atoms. The Labute approximate surface area is 197 Å². The summed E-state index contributed by atoms with van der Waals surface area (Å²) in [6, 6.07) is 8.80. The number of hydrogen-bond acceptors (Lipinski definition) is 4. The van der Waals surface area contributed by atoms with Gasteiger partial charge >= 0.3 is 0 Å². The Morgan fingerprint density at radius 3 is 2.57 bits per heavy atom. The van der Waals surface area contributed by atoms with Crippen molar-refractivity contribution in [2.24, 2.45) is 12.0 Å². The van der Waals surface area contributed by atoms with Crippen molar-refractivity contribution in [3.63, 3.8) is 0 Å². The summed E-state index contributed by atoms with van der Waals surface area (Å²) in [5.41, 5.74) is 6.16. The van der Waals surface area contributed by atoms with Gasteiger partial charge in [0.15, 0.2) is 5.96 Å². The molecule has 1 unspecified atom stereocenters. The van der Waals surface area contributed by atoms with Crippen LogP contribution in [0.4, 0.5) is 5.69 Å². The van der Waals surface area contributed by atoms with Crippen molar-refractivity contribution in [1.82, 2.24) is 20.4 Å². The fraction of sp³-hybridized carbons (Fsp3) is 0.545. The molecular formula is C22H35IN6O. The van der Waals surface area contributed by atoms with Gasteiger partial charge in [-0.2, -0.15) is 5.10 Å². The molecule has 0 radical (unpaired) electrons. The molecule has 1 aromatic heterocycles. The molecule has 30 heavy (non-hydrogen) atoms. The van der Waals surface area contributed by atoms with Gasteiger partial charge in [0.2, 0.25) is 0 Å². The average Bonchev–Trinajstić information content (AvgIpc) is 2.98. The van der Waals surface area contributed by atoms with Crippen LogP contribution in [0.25, 0.3) is 0 Å². The SMILES string of the molecule is CN=C(NCc1ccccc1N1CCOCC1)NC(C)Cc1c(C)nn(C)c1C.I. The number of morpholine rings is 1. The minimum absolute atomic E-state index is 0. The number of ether oxygens (including phenoxy) is 1. The topological polar surface area (TPSA) is 66.7 Å². The van der Waals surface area contributed by atoms with Crippen molar-refractivity contribution in [1.29, 1.82) is 0 Å². The number of anilines is 1. The normalized spacial score (nSPS) is 15.5. The molecule has 0 saturated carbocycles. The lowest BCUT2D eigenvalue weighted by Gasteiger charge is -2.30. The maximum atomic E-state index is 5.50. The highest BCUT2D eigenvalue weighted by molar-refractivity contribution is 14.0. The lowest BCUT2D eigenvalue weighted by atomic mass is 10.1. The number of aliphatic imine (C=N–C) groups is 1. The third-order valence-electron chi connectivity index (χ3n) is 5.57. The van der Waals surface area contributed by atoms with Crippen molar-refractivity contribution < 1.29 is 4.74 Å². The number of hydrogen-bond donors (Lipinski definition) is 2. The van der Waals surface area contributed by atoms with Crippen LogP contribution in [-0.2, 0) is 24.8 Å². The second-order valence-electron chi connectivity index (χ2n) is 7.68. The Morgan fingerprint density at radius 2 is 1.93 bits per heavy atom. The fourth-order valence-corrected chi connectivity index (χ4v) is 3.85. The first kappa shape index (κ1) is 24.5. The van der Waals surface area contributed by atoms with Crippen LogP contribution in [-0.4, -0.2) is 55.1 Å². The molecule has 3 rings (SSSR count). The summed E-state index contributed by atoms with van der Waals surface area (Å²) in [5.74, 6) is 0.813. The second kappa shape index (κ2) is 11.5. The first-order valence-electron chi connectivity index (χ1n) is 10.4. The summed E-state index contributed by atoms with van der Waals surface area (Å²) in [6.07, 6.45) is 0.913. The number of nitrogens with zero attached hydrogens (tertiary/aromatic N) is 4. The number of nitrogens with one attached hydrogen (secondary N) is 2. The summed E-state index contributed by atoms with van der Waals surface area (Å²) in [7, 11) is 3.81. The van der Waals surface area contributed by atoms with Gasteiger partial charge in [-0.25, -0.2) is 0 Å². The summed E-state index contributed by atoms with van der Waals surface area (Å²) >= 11 is 0. The fourth-order valence-electron chi connectivity index (χ4n) is 3.85. The van der Waals surface area contributed by atoms with Gasteiger partial charge in [-0.05, 0) is 44.4 Å². The molecule has 0 aliphatic carbocycles. The van der Waals surface area contributed by atoms with Gasteiger partial charge in [-0.3, -0.25) is 9.67 Å². The number of aromatic nitrogens is 2. The molecule has 2 N–H and O–H groups in total. The number of guanidine groups is 1. The van der Waals surface area contributed by atoms with Crippen LogP contribution >= 0.6 is 24.0 Å².